The fraction of sp³-hybridized carbons (Fsp3) is 0.129. The highest BCUT2D eigenvalue weighted by atomic mass is 35.5. The highest BCUT2D eigenvalue weighted by molar-refractivity contribution is 6.30. The minimum atomic E-state index is -0.476. The number of allylic oxidation sites excluding steroid dienone is 5. The van der Waals surface area contributed by atoms with Crippen molar-refractivity contribution in [3.63, 3.8) is 0 Å². The second-order valence-corrected chi connectivity index (χ2v) is 9.59. The third kappa shape index (κ3) is 3.86. The minimum absolute atomic E-state index is 0.0254. The molecule has 0 spiro atoms. The van der Waals surface area contributed by atoms with Crippen LogP contribution in [0.1, 0.15) is 33.8 Å². The van der Waals surface area contributed by atoms with Gasteiger partial charge >= 0.3 is 0 Å². The molecule has 1 N–H and O–H groups in total. The zero-order chi connectivity index (χ0) is 23.9. The van der Waals surface area contributed by atoms with E-state index in [1.165, 1.54) is 17.2 Å². The molecule has 4 heteroatoms. The van der Waals surface area contributed by atoms with Gasteiger partial charge in [-0.05, 0) is 82.0 Å². The highest BCUT2D eigenvalue weighted by Crippen LogP contribution is 2.35. The summed E-state index contributed by atoms with van der Waals surface area (Å²) in [7, 11) is 0. The summed E-state index contributed by atoms with van der Waals surface area (Å²) in [6.45, 7) is 0. The van der Waals surface area contributed by atoms with Crippen LogP contribution in [-0.2, 0) is 6.42 Å². The molecule has 0 fully saturated rings. The van der Waals surface area contributed by atoms with E-state index in [0.29, 0.717) is 11.4 Å². The molecule has 1 heterocycles. The first-order chi connectivity index (χ1) is 17.1. The maximum atomic E-state index is 14.6. The fourth-order valence-electron chi connectivity index (χ4n) is 5.46. The second-order valence-electron chi connectivity index (χ2n) is 9.16. The van der Waals surface area contributed by atoms with Crippen molar-refractivity contribution < 1.29 is 9.18 Å². The molecule has 0 saturated heterocycles. The lowest BCUT2D eigenvalue weighted by molar-refractivity contribution is 0.0939. The van der Waals surface area contributed by atoms with Crippen LogP contribution in [0.4, 0.5) is 4.39 Å². The Morgan fingerprint density at radius 3 is 2.74 bits per heavy atom. The van der Waals surface area contributed by atoms with Crippen molar-refractivity contribution in [1.82, 2.24) is 5.32 Å². The van der Waals surface area contributed by atoms with Crippen molar-refractivity contribution in [3.8, 4) is 11.1 Å². The summed E-state index contributed by atoms with van der Waals surface area (Å²) in [4.78, 5) is 13.6. The molecule has 0 bridgehead atoms. The van der Waals surface area contributed by atoms with Gasteiger partial charge in [-0.2, -0.15) is 0 Å². The predicted molar refractivity (Wildman–Crippen MR) is 140 cm³/mol. The van der Waals surface area contributed by atoms with Gasteiger partial charge in [0.15, 0.2) is 5.78 Å². The Hall–Kier alpha value is -3.69. The molecule has 35 heavy (non-hydrogen) atoms. The van der Waals surface area contributed by atoms with Crippen molar-refractivity contribution in [1.29, 1.82) is 0 Å². The van der Waals surface area contributed by atoms with Gasteiger partial charge in [0.2, 0.25) is 0 Å². The van der Waals surface area contributed by atoms with E-state index < -0.39 is 11.7 Å². The second kappa shape index (κ2) is 8.83. The lowest BCUT2D eigenvalue weighted by atomic mass is 9.75. The molecule has 3 aromatic rings. The highest BCUT2D eigenvalue weighted by Gasteiger charge is 2.31. The van der Waals surface area contributed by atoms with Crippen LogP contribution in [0.3, 0.4) is 0 Å². The number of ketones is 1. The molecule has 0 saturated carbocycles. The van der Waals surface area contributed by atoms with E-state index in [0.717, 1.165) is 33.7 Å². The number of nitrogens with one attached hydrogen (secondary N) is 1. The number of rotatable bonds is 3. The maximum absolute atomic E-state index is 14.6. The Bertz CT molecular complexity index is 1580. The van der Waals surface area contributed by atoms with Crippen LogP contribution < -0.4 is 15.8 Å². The van der Waals surface area contributed by atoms with Crippen molar-refractivity contribution in [3.05, 3.63) is 129 Å². The molecule has 2 unspecified atom stereocenters. The van der Waals surface area contributed by atoms with Crippen molar-refractivity contribution in [2.24, 2.45) is 5.92 Å². The summed E-state index contributed by atoms with van der Waals surface area (Å²) in [6.07, 6.45) is 15.5. The van der Waals surface area contributed by atoms with Crippen LogP contribution in [0.2, 0.25) is 5.02 Å². The van der Waals surface area contributed by atoms with E-state index in [-0.39, 0.29) is 17.3 Å². The molecular weight excluding hydrogens is 457 g/mol. The third-order valence-corrected chi connectivity index (χ3v) is 7.37. The Morgan fingerprint density at radius 2 is 1.86 bits per heavy atom. The lowest BCUT2D eigenvalue weighted by Crippen LogP contribution is -2.40. The number of carbonyl (C=O) groups is 1. The van der Waals surface area contributed by atoms with Crippen molar-refractivity contribution in [2.45, 2.75) is 18.8 Å². The van der Waals surface area contributed by atoms with Gasteiger partial charge < -0.3 is 5.32 Å². The van der Waals surface area contributed by atoms with Crippen LogP contribution >= 0.6 is 11.6 Å². The van der Waals surface area contributed by atoms with E-state index in [2.05, 4.69) is 41.7 Å². The first-order valence-electron chi connectivity index (χ1n) is 11.8. The molecule has 1 aliphatic heterocycles. The van der Waals surface area contributed by atoms with Gasteiger partial charge in [0.25, 0.3) is 0 Å². The van der Waals surface area contributed by atoms with Gasteiger partial charge in [-0.3, -0.25) is 4.79 Å². The van der Waals surface area contributed by atoms with E-state index >= 15 is 0 Å². The minimum Gasteiger partial charge on any atom is -0.364 e. The Labute approximate surface area is 208 Å². The Balaban J connectivity index is 1.56. The van der Waals surface area contributed by atoms with Gasteiger partial charge in [0.05, 0.1) is 5.56 Å². The van der Waals surface area contributed by atoms with E-state index in [9.17, 15) is 9.18 Å². The number of hydrogen-bond acceptors (Lipinski definition) is 2. The zero-order valence-corrected chi connectivity index (χ0v) is 19.7. The van der Waals surface area contributed by atoms with E-state index in [1.807, 2.05) is 36.6 Å². The number of hydrogen-bond donors (Lipinski definition) is 1. The van der Waals surface area contributed by atoms with Gasteiger partial charge in [0.1, 0.15) is 5.82 Å². The molecular formula is C31H23ClFNO. The van der Waals surface area contributed by atoms with Gasteiger partial charge in [-0.25, -0.2) is 4.39 Å². The number of carbonyl (C=O) groups excluding carboxylic acids is 1. The topological polar surface area (TPSA) is 29.1 Å². The monoisotopic (exact) mass is 479 g/mol. The molecule has 2 nitrogen and oxygen atoms in total. The normalized spacial score (nSPS) is 19.7. The van der Waals surface area contributed by atoms with Crippen LogP contribution in [0.25, 0.3) is 23.3 Å². The number of halogens is 2. The van der Waals surface area contributed by atoms with E-state index in [4.69, 9.17) is 11.6 Å². The smallest absolute Gasteiger partial charge is 0.172 e. The Kier molecular flexibility index (Phi) is 5.50. The largest absolute Gasteiger partial charge is 0.364 e. The SMILES string of the molecule is O=C(c1ccccc1F)C1C=c2c(ccc3c2=CCc2ccc(Cl)cc2-3)C(C2=CC=CC=CN2)C1. The van der Waals surface area contributed by atoms with Gasteiger partial charge in [-0.1, -0.05) is 66.2 Å². The van der Waals surface area contributed by atoms with Gasteiger partial charge in [0, 0.05) is 28.8 Å². The molecule has 172 valence electrons. The molecule has 3 aliphatic rings. The summed E-state index contributed by atoms with van der Waals surface area (Å²) in [6, 6.07) is 16.6. The predicted octanol–water partition coefficient (Wildman–Crippen LogP) is 5.81. The molecule has 0 radical (unpaired) electrons. The summed E-state index contributed by atoms with van der Waals surface area (Å²) in [5.74, 6) is -1.13. The molecule has 2 aliphatic carbocycles. The van der Waals surface area contributed by atoms with Crippen molar-refractivity contribution in [2.75, 3.05) is 0 Å². The summed E-state index contributed by atoms with van der Waals surface area (Å²) >= 11 is 6.35. The molecule has 6 rings (SSSR count). The average Bonchev–Trinajstić information content (AvgIpc) is 3.17. The number of benzene rings is 3. The number of Topliss-reactive ketones (excluding diaryl/α,β-unsaturated/α-hetero) is 1. The first kappa shape index (κ1) is 21.8. The van der Waals surface area contributed by atoms with Crippen LogP contribution in [0.5, 0.6) is 0 Å². The van der Waals surface area contributed by atoms with E-state index in [1.54, 1.807) is 18.2 Å². The average molecular weight is 480 g/mol. The third-order valence-electron chi connectivity index (χ3n) is 7.14. The van der Waals surface area contributed by atoms with Crippen LogP contribution in [0, 0.1) is 11.7 Å². The zero-order valence-electron chi connectivity index (χ0n) is 19.0. The Morgan fingerprint density at radius 1 is 0.971 bits per heavy atom. The maximum Gasteiger partial charge on any atom is 0.172 e. The lowest BCUT2D eigenvalue weighted by Gasteiger charge is -2.30. The molecule has 0 aromatic heterocycles. The quantitative estimate of drug-likeness (QED) is 0.480. The summed E-state index contributed by atoms with van der Waals surface area (Å²) in [5.41, 5.74) is 5.81. The van der Waals surface area contributed by atoms with Crippen molar-refractivity contribution >= 4 is 29.5 Å². The molecule has 3 aromatic carbocycles. The first-order valence-corrected chi connectivity index (χ1v) is 12.2. The summed E-state index contributed by atoms with van der Waals surface area (Å²) < 4.78 is 14.6. The van der Waals surface area contributed by atoms with Crippen LogP contribution in [0.15, 0.2) is 90.8 Å². The fourth-order valence-corrected chi connectivity index (χ4v) is 5.64. The molecule has 2 atom stereocenters. The standard InChI is InChI=1S/C31H23ClFNO/c32-21-11-9-19-10-12-23-22(26(19)18-21)13-14-24-27(23)16-20(31(35)25-6-3-4-7-29(25)33)17-28(24)30-8-2-1-5-15-34-30/h1-9,11-16,18,20,28,34H,10,17H2. The molecule has 0 amide bonds. The number of fused-ring (bicyclic) bond motifs is 5. The van der Waals surface area contributed by atoms with Gasteiger partial charge in [-0.15, -0.1) is 0 Å². The summed E-state index contributed by atoms with van der Waals surface area (Å²) in [5, 5.41) is 6.27. The van der Waals surface area contributed by atoms with Crippen LogP contribution in [-0.4, -0.2) is 5.78 Å².